The quantitative estimate of drug-likeness (QED) is 0.594. The summed E-state index contributed by atoms with van der Waals surface area (Å²) in [5.41, 5.74) is 0.570. The Morgan fingerprint density at radius 1 is 1.16 bits per heavy atom. The zero-order valence-corrected chi connectivity index (χ0v) is 22.8. The molecule has 0 radical (unpaired) electrons. The second-order valence-corrected chi connectivity index (χ2v) is 11.3. The van der Waals surface area contributed by atoms with Gasteiger partial charge in [-0.05, 0) is 66.5 Å². The molecule has 5 rings (SSSR count). The van der Waals surface area contributed by atoms with Crippen molar-refractivity contribution in [2.75, 3.05) is 23.3 Å². The van der Waals surface area contributed by atoms with Crippen molar-refractivity contribution in [2.45, 2.75) is 84.3 Å². The van der Waals surface area contributed by atoms with E-state index in [1.807, 2.05) is 63.5 Å². The second-order valence-electron chi connectivity index (χ2n) is 11.3. The maximum Gasteiger partial charge on any atom is 0.410 e. The molecule has 2 aromatic rings. The number of nitrogens with one attached hydrogen (secondary N) is 1. The molecule has 3 aliphatic rings. The van der Waals surface area contributed by atoms with Gasteiger partial charge in [0.05, 0.1) is 30.2 Å². The predicted molar refractivity (Wildman–Crippen MR) is 142 cm³/mol. The highest BCUT2D eigenvalue weighted by Gasteiger charge is 2.44. The fraction of sp³-hybridized carbons (Fsp3) is 0.556. The van der Waals surface area contributed by atoms with Crippen molar-refractivity contribution in [2.24, 2.45) is 0 Å². The summed E-state index contributed by atoms with van der Waals surface area (Å²) in [6.07, 6.45) is 6.20. The van der Waals surface area contributed by atoms with Crippen LogP contribution in [-0.4, -0.2) is 73.9 Å². The minimum Gasteiger partial charge on any atom is -0.467 e. The molecule has 2 aromatic heterocycles. The Bertz CT molecular complexity index is 1200. The van der Waals surface area contributed by atoms with E-state index >= 15 is 0 Å². The maximum atomic E-state index is 14.6. The molecule has 0 spiro atoms. The van der Waals surface area contributed by atoms with Gasteiger partial charge in [-0.3, -0.25) is 4.90 Å². The first-order valence-electron chi connectivity index (χ1n) is 13.2. The highest BCUT2D eigenvalue weighted by molar-refractivity contribution is 5.70. The molecule has 3 atom stereocenters. The topological polar surface area (TPSA) is 96.0 Å². The van der Waals surface area contributed by atoms with E-state index in [-0.39, 0.29) is 42.1 Å². The molecule has 204 valence electrons. The Morgan fingerprint density at radius 2 is 1.87 bits per heavy atom. The fourth-order valence-electron chi connectivity index (χ4n) is 5.29. The average molecular weight is 526 g/mol. The van der Waals surface area contributed by atoms with Crippen molar-refractivity contribution in [3.8, 4) is 0 Å². The normalized spacial score (nSPS) is 23.0. The van der Waals surface area contributed by atoms with Crippen LogP contribution in [0.15, 0.2) is 30.7 Å². The van der Waals surface area contributed by atoms with Crippen LogP contribution in [0.5, 0.6) is 0 Å². The van der Waals surface area contributed by atoms with Crippen LogP contribution >= 0.6 is 0 Å². The fourth-order valence-corrected chi connectivity index (χ4v) is 5.29. The van der Waals surface area contributed by atoms with Gasteiger partial charge in [0.1, 0.15) is 17.1 Å². The van der Waals surface area contributed by atoms with Crippen LogP contribution in [-0.2, 0) is 9.47 Å². The third kappa shape index (κ3) is 5.32. The summed E-state index contributed by atoms with van der Waals surface area (Å²) in [5.74, 6) is 0.590. The van der Waals surface area contributed by atoms with Gasteiger partial charge in [-0.25, -0.2) is 24.1 Å². The Kier molecular flexibility index (Phi) is 6.79. The van der Waals surface area contributed by atoms with Crippen molar-refractivity contribution >= 4 is 29.3 Å². The molecule has 2 saturated heterocycles. The van der Waals surface area contributed by atoms with Crippen LogP contribution in [0.25, 0.3) is 5.76 Å². The number of carbonyl (C=O) groups is 1. The van der Waals surface area contributed by atoms with Crippen LogP contribution in [0, 0.1) is 5.82 Å². The van der Waals surface area contributed by atoms with E-state index in [2.05, 4.69) is 25.2 Å². The summed E-state index contributed by atoms with van der Waals surface area (Å²) in [7, 11) is 0. The zero-order valence-electron chi connectivity index (χ0n) is 22.8. The molecule has 3 aliphatic heterocycles. The van der Waals surface area contributed by atoms with Gasteiger partial charge >= 0.3 is 6.09 Å². The van der Waals surface area contributed by atoms with E-state index in [1.54, 1.807) is 12.4 Å². The van der Waals surface area contributed by atoms with Crippen LogP contribution in [0.4, 0.5) is 26.6 Å². The van der Waals surface area contributed by atoms with Crippen LogP contribution in [0.2, 0.25) is 0 Å². The first-order chi connectivity index (χ1) is 18.0. The van der Waals surface area contributed by atoms with Crippen molar-refractivity contribution < 1.29 is 18.7 Å². The Hall–Kier alpha value is -3.63. The van der Waals surface area contributed by atoms with E-state index in [9.17, 15) is 9.18 Å². The smallest absolute Gasteiger partial charge is 0.410 e. The molecule has 38 heavy (non-hydrogen) atoms. The Balaban J connectivity index is 1.25. The highest BCUT2D eigenvalue weighted by Crippen LogP contribution is 2.34. The van der Waals surface area contributed by atoms with Gasteiger partial charge < -0.3 is 24.6 Å². The summed E-state index contributed by atoms with van der Waals surface area (Å²) < 4.78 is 26.0. The summed E-state index contributed by atoms with van der Waals surface area (Å²) in [6, 6.07) is 4.27. The molecular weight excluding hydrogens is 489 g/mol. The van der Waals surface area contributed by atoms with Gasteiger partial charge in [0.25, 0.3) is 0 Å². The molecule has 1 N–H and O–H groups in total. The number of aromatic nitrogens is 3. The number of amides is 1. The molecule has 0 saturated carbocycles. The first-order valence-corrected chi connectivity index (χ1v) is 13.2. The predicted octanol–water partition coefficient (Wildman–Crippen LogP) is 4.73. The molecule has 2 fully saturated rings. The third-order valence-corrected chi connectivity index (χ3v) is 7.00. The van der Waals surface area contributed by atoms with Crippen LogP contribution in [0.1, 0.15) is 60.1 Å². The summed E-state index contributed by atoms with van der Waals surface area (Å²) in [6.45, 7) is 13.1. The lowest BCUT2D eigenvalue weighted by atomic mass is 10.1. The zero-order chi connectivity index (χ0) is 27.2. The minimum atomic E-state index is -0.553. The number of carbonyl (C=O) groups excluding carboxylic acids is 1. The van der Waals surface area contributed by atoms with Gasteiger partial charge in [0.15, 0.2) is 17.8 Å². The second kappa shape index (κ2) is 9.92. The minimum absolute atomic E-state index is 0.104. The number of hydrogen-bond acceptors (Lipinski definition) is 9. The lowest BCUT2D eigenvalue weighted by Gasteiger charge is -2.42. The molecule has 11 heteroatoms. The monoisotopic (exact) mass is 525 g/mol. The summed E-state index contributed by atoms with van der Waals surface area (Å²) in [5, 5.41) is 3.06. The van der Waals surface area contributed by atoms with Gasteiger partial charge in [0, 0.05) is 25.3 Å². The van der Waals surface area contributed by atoms with Crippen molar-refractivity contribution in [3.63, 3.8) is 0 Å². The molecule has 5 heterocycles. The number of nitrogens with zero attached hydrogens (tertiary/aromatic N) is 6. The van der Waals surface area contributed by atoms with Gasteiger partial charge in [0.2, 0.25) is 5.95 Å². The molecular formula is C27H36FN7O3. The third-order valence-electron chi connectivity index (χ3n) is 7.00. The number of ether oxygens (including phenoxy) is 2. The summed E-state index contributed by atoms with van der Waals surface area (Å²) in [4.78, 5) is 31.9. The Morgan fingerprint density at radius 3 is 2.45 bits per heavy atom. The van der Waals surface area contributed by atoms with E-state index < -0.39 is 11.4 Å². The van der Waals surface area contributed by atoms with E-state index in [0.29, 0.717) is 11.6 Å². The Labute approximate surface area is 222 Å². The number of halogens is 1. The van der Waals surface area contributed by atoms with Gasteiger partial charge in [-0.1, -0.05) is 0 Å². The summed E-state index contributed by atoms with van der Waals surface area (Å²) >= 11 is 0. The standard InChI is InChI=1S/C27H36FN7O3/c1-16(2)34-15-22(37-17(34)3)24-21(28)12-30-25(32-24)31-23-10-9-18(11-29-23)33-13-19-7-8-20(14-33)35(19)26(36)38-27(4,5)6/h9-12,15-17,19-20H,7-8,13-14H2,1-6H3,(H,29,30,31,32). The number of hydrogen-bond donors (Lipinski definition) is 1. The van der Waals surface area contributed by atoms with Gasteiger partial charge in [-0.2, -0.15) is 0 Å². The SMILES string of the molecule is CC(C)N1C=C(c2nc(Nc3ccc(N4CC5CCC(C4)N5C(=O)OC(C)(C)C)cn3)ncc2F)OC1C. The number of piperazine rings is 1. The highest BCUT2D eigenvalue weighted by atomic mass is 19.1. The molecule has 0 aliphatic carbocycles. The van der Waals surface area contributed by atoms with Crippen molar-refractivity contribution in [1.82, 2.24) is 24.8 Å². The lowest BCUT2D eigenvalue weighted by molar-refractivity contribution is 0.0123. The number of pyridine rings is 1. The maximum absolute atomic E-state index is 14.6. The molecule has 10 nitrogen and oxygen atoms in total. The van der Waals surface area contributed by atoms with Crippen molar-refractivity contribution in [1.29, 1.82) is 0 Å². The number of anilines is 3. The number of rotatable bonds is 5. The molecule has 1 amide bonds. The average Bonchev–Trinajstić information content (AvgIpc) is 3.36. The molecule has 2 bridgehead atoms. The lowest BCUT2D eigenvalue weighted by Crippen LogP contribution is -2.56. The first kappa shape index (κ1) is 26.0. The number of fused-ring (bicyclic) bond motifs is 2. The molecule has 0 aromatic carbocycles. The van der Waals surface area contributed by atoms with Gasteiger partial charge in [-0.15, -0.1) is 0 Å². The van der Waals surface area contributed by atoms with Crippen LogP contribution < -0.4 is 10.2 Å². The van der Waals surface area contributed by atoms with Crippen LogP contribution in [0.3, 0.4) is 0 Å². The molecule has 3 unspecified atom stereocenters. The van der Waals surface area contributed by atoms with Crippen molar-refractivity contribution in [3.05, 3.63) is 42.2 Å². The largest absolute Gasteiger partial charge is 0.467 e. The van der Waals surface area contributed by atoms with E-state index in [4.69, 9.17) is 9.47 Å². The van der Waals surface area contributed by atoms with E-state index in [1.165, 1.54) is 0 Å². The van der Waals surface area contributed by atoms with E-state index in [0.717, 1.165) is 37.8 Å².